The van der Waals surface area contributed by atoms with Crippen LogP contribution in [0.15, 0.2) is 18.2 Å². The molecule has 2 rings (SSSR count). The van der Waals surface area contributed by atoms with E-state index in [1.807, 2.05) is 25.1 Å². The van der Waals surface area contributed by atoms with Gasteiger partial charge in [-0.25, -0.2) is 0 Å². The average molecular weight is 264 g/mol. The Morgan fingerprint density at radius 3 is 2.89 bits per heavy atom. The van der Waals surface area contributed by atoms with E-state index in [2.05, 4.69) is 0 Å². The van der Waals surface area contributed by atoms with E-state index in [4.69, 9.17) is 9.47 Å². The first-order valence-corrected chi connectivity index (χ1v) is 7.15. The van der Waals surface area contributed by atoms with Crippen LogP contribution in [-0.4, -0.2) is 24.9 Å². The standard InChI is InChI=1S/C16H24O3/c1-12-11-13(6-9-16(12)18-2)15(17)8-7-14-5-3-4-10-19-14/h6,9,11,14-15,17H,3-5,7-8,10H2,1-2H3. The van der Waals surface area contributed by atoms with Gasteiger partial charge < -0.3 is 14.6 Å². The quantitative estimate of drug-likeness (QED) is 0.886. The van der Waals surface area contributed by atoms with E-state index in [1.165, 1.54) is 12.8 Å². The lowest BCUT2D eigenvalue weighted by Crippen LogP contribution is -2.19. The van der Waals surface area contributed by atoms with Gasteiger partial charge in [-0.2, -0.15) is 0 Å². The van der Waals surface area contributed by atoms with Crippen LogP contribution < -0.4 is 4.74 Å². The maximum atomic E-state index is 10.2. The summed E-state index contributed by atoms with van der Waals surface area (Å²) in [6.45, 7) is 2.88. The fourth-order valence-electron chi connectivity index (χ4n) is 2.65. The minimum atomic E-state index is -0.407. The molecule has 0 saturated carbocycles. The molecule has 0 aliphatic carbocycles. The third-order valence-electron chi connectivity index (χ3n) is 3.84. The fraction of sp³-hybridized carbons (Fsp3) is 0.625. The van der Waals surface area contributed by atoms with Gasteiger partial charge in [0.25, 0.3) is 0 Å². The fourth-order valence-corrected chi connectivity index (χ4v) is 2.65. The number of methoxy groups -OCH3 is 1. The van der Waals surface area contributed by atoms with Crippen LogP contribution in [0.25, 0.3) is 0 Å². The largest absolute Gasteiger partial charge is 0.496 e. The van der Waals surface area contributed by atoms with Crippen molar-refractivity contribution in [1.29, 1.82) is 0 Å². The zero-order valence-corrected chi connectivity index (χ0v) is 11.9. The van der Waals surface area contributed by atoms with Crippen molar-refractivity contribution in [2.75, 3.05) is 13.7 Å². The van der Waals surface area contributed by atoms with E-state index in [0.717, 1.165) is 42.7 Å². The SMILES string of the molecule is COc1ccc(C(O)CCC2CCCCO2)cc1C. The normalized spacial score (nSPS) is 21.1. The molecule has 0 spiro atoms. The van der Waals surface area contributed by atoms with Gasteiger partial charge in [-0.15, -0.1) is 0 Å². The molecule has 3 heteroatoms. The zero-order chi connectivity index (χ0) is 13.7. The number of ether oxygens (including phenoxy) is 2. The molecule has 1 saturated heterocycles. The second-order valence-corrected chi connectivity index (χ2v) is 5.31. The second kappa shape index (κ2) is 6.92. The van der Waals surface area contributed by atoms with Crippen LogP contribution in [0, 0.1) is 6.92 Å². The molecule has 3 nitrogen and oxygen atoms in total. The monoisotopic (exact) mass is 264 g/mol. The number of benzene rings is 1. The Kier molecular flexibility index (Phi) is 5.23. The van der Waals surface area contributed by atoms with Crippen LogP contribution in [0.5, 0.6) is 5.75 Å². The molecule has 1 aliphatic rings. The van der Waals surface area contributed by atoms with Gasteiger partial charge >= 0.3 is 0 Å². The van der Waals surface area contributed by atoms with Gasteiger partial charge in [-0.1, -0.05) is 6.07 Å². The zero-order valence-electron chi connectivity index (χ0n) is 11.9. The predicted molar refractivity (Wildman–Crippen MR) is 75.5 cm³/mol. The Bertz CT molecular complexity index is 397. The number of rotatable bonds is 5. The maximum absolute atomic E-state index is 10.2. The molecular formula is C16H24O3. The lowest BCUT2D eigenvalue weighted by molar-refractivity contribution is 0.00212. The Morgan fingerprint density at radius 1 is 1.42 bits per heavy atom. The van der Waals surface area contributed by atoms with Crippen LogP contribution in [0.1, 0.15) is 49.3 Å². The van der Waals surface area contributed by atoms with E-state index >= 15 is 0 Å². The lowest BCUT2D eigenvalue weighted by atomic mass is 9.98. The van der Waals surface area contributed by atoms with Gasteiger partial charge in [-0.05, 0) is 62.3 Å². The van der Waals surface area contributed by atoms with Crippen molar-refractivity contribution in [1.82, 2.24) is 0 Å². The molecule has 2 atom stereocenters. The summed E-state index contributed by atoms with van der Waals surface area (Å²) < 4.78 is 10.9. The highest BCUT2D eigenvalue weighted by atomic mass is 16.5. The summed E-state index contributed by atoms with van der Waals surface area (Å²) >= 11 is 0. The molecule has 106 valence electrons. The summed E-state index contributed by atoms with van der Waals surface area (Å²) in [5.41, 5.74) is 2.03. The number of hydrogen-bond acceptors (Lipinski definition) is 3. The molecule has 0 aromatic heterocycles. The molecule has 1 aromatic carbocycles. The van der Waals surface area contributed by atoms with Crippen molar-refractivity contribution in [2.24, 2.45) is 0 Å². The summed E-state index contributed by atoms with van der Waals surface area (Å²) in [6, 6.07) is 5.87. The molecule has 1 heterocycles. The van der Waals surface area contributed by atoms with Crippen LogP contribution in [0.4, 0.5) is 0 Å². The lowest BCUT2D eigenvalue weighted by Gasteiger charge is -2.23. The molecule has 0 radical (unpaired) electrons. The van der Waals surface area contributed by atoms with Crippen LogP contribution in [-0.2, 0) is 4.74 Å². The average Bonchev–Trinajstić information content (AvgIpc) is 2.45. The molecule has 1 aliphatic heterocycles. The first-order valence-electron chi connectivity index (χ1n) is 7.15. The smallest absolute Gasteiger partial charge is 0.121 e. The summed E-state index contributed by atoms with van der Waals surface area (Å²) in [4.78, 5) is 0. The Labute approximate surface area is 115 Å². The van der Waals surface area contributed by atoms with Crippen molar-refractivity contribution in [3.63, 3.8) is 0 Å². The molecule has 1 N–H and O–H groups in total. The topological polar surface area (TPSA) is 38.7 Å². The minimum absolute atomic E-state index is 0.336. The molecule has 2 unspecified atom stereocenters. The van der Waals surface area contributed by atoms with E-state index in [0.29, 0.717) is 6.10 Å². The predicted octanol–water partition coefficient (Wildman–Crippen LogP) is 3.39. The highest BCUT2D eigenvalue weighted by molar-refractivity contribution is 5.36. The van der Waals surface area contributed by atoms with Crippen LogP contribution in [0.3, 0.4) is 0 Å². The molecule has 19 heavy (non-hydrogen) atoms. The van der Waals surface area contributed by atoms with E-state index in [1.54, 1.807) is 7.11 Å². The maximum Gasteiger partial charge on any atom is 0.121 e. The van der Waals surface area contributed by atoms with Gasteiger partial charge in [-0.3, -0.25) is 0 Å². The summed E-state index contributed by atoms with van der Waals surface area (Å²) in [7, 11) is 1.67. The molecule has 0 bridgehead atoms. The van der Waals surface area contributed by atoms with Crippen molar-refractivity contribution < 1.29 is 14.6 Å². The highest BCUT2D eigenvalue weighted by Gasteiger charge is 2.16. The third kappa shape index (κ3) is 3.95. The number of aryl methyl sites for hydroxylation is 1. The van der Waals surface area contributed by atoms with Crippen LogP contribution >= 0.6 is 0 Å². The second-order valence-electron chi connectivity index (χ2n) is 5.31. The number of aliphatic hydroxyl groups is 1. The third-order valence-corrected chi connectivity index (χ3v) is 3.84. The minimum Gasteiger partial charge on any atom is -0.496 e. The Hall–Kier alpha value is -1.06. The van der Waals surface area contributed by atoms with Gasteiger partial charge in [0.2, 0.25) is 0 Å². The van der Waals surface area contributed by atoms with E-state index in [-0.39, 0.29) is 0 Å². The van der Waals surface area contributed by atoms with Crippen molar-refractivity contribution in [3.05, 3.63) is 29.3 Å². The van der Waals surface area contributed by atoms with E-state index in [9.17, 15) is 5.11 Å². The Balaban J connectivity index is 1.88. The van der Waals surface area contributed by atoms with Gasteiger partial charge in [0.15, 0.2) is 0 Å². The van der Waals surface area contributed by atoms with E-state index < -0.39 is 6.10 Å². The van der Waals surface area contributed by atoms with Gasteiger partial charge in [0, 0.05) is 6.61 Å². The van der Waals surface area contributed by atoms with Crippen molar-refractivity contribution in [3.8, 4) is 5.75 Å². The van der Waals surface area contributed by atoms with Crippen molar-refractivity contribution >= 4 is 0 Å². The summed E-state index contributed by atoms with van der Waals surface area (Å²) in [6.07, 6.45) is 5.19. The first kappa shape index (κ1) is 14.4. The van der Waals surface area contributed by atoms with Crippen LogP contribution in [0.2, 0.25) is 0 Å². The van der Waals surface area contributed by atoms with Gasteiger partial charge in [0.1, 0.15) is 5.75 Å². The molecular weight excluding hydrogens is 240 g/mol. The number of aliphatic hydroxyl groups excluding tert-OH is 1. The summed E-state index contributed by atoms with van der Waals surface area (Å²) in [5.74, 6) is 0.867. The van der Waals surface area contributed by atoms with Crippen molar-refractivity contribution in [2.45, 2.75) is 51.2 Å². The molecule has 1 fully saturated rings. The van der Waals surface area contributed by atoms with Gasteiger partial charge in [0.05, 0.1) is 19.3 Å². The summed E-state index contributed by atoms with van der Waals surface area (Å²) in [5, 5.41) is 10.2. The molecule has 1 aromatic rings. The first-order chi connectivity index (χ1) is 9.20. The number of hydrogen-bond donors (Lipinski definition) is 1. The Morgan fingerprint density at radius 2 is 2.26 bits per heavy atom. The molecule has 0 amide bonds. The highest BCUT2D eigenvalue weighted by Crippen LogP contribution is 2.27.